The van der Waals surface area contributed by atoms with Gasteiger partial charge in [-0.05, 0) is 103 Å². The van der Waals surface area contributed by atoms with Crippen LogP contribution >= 0.6 is 0 Å². The molecule has 0 bridgehead atoms. The number of rotatable bonds is 4. The van der Waals surface area contributed by atoms with Crippen molar-refractivity contribution in [3.8, 4) is 0 Å². The van der Waals surface area contributed by atoms with Gasteiger partial charge >= 0.3 is 17.1 Å². The molecule has 0 aromatic carbocycles. The van der Waals surface area contributed by atoms with Crippen molar-refractivity contribution in [2.45, 2.75) is 78.6 Å². The molecule has 4 nitrogen and oxygen atoms in total. The molecular formula is C16H40F2N4Si6. The van der Waals surface area contributed by atoms with Gasteiger partial charge in [-0.3, -0.25) is 8.22 Å². The molecule has 162 valence electrons. The molecular weight excluding hydrogens is 455 g/mol. The zero-order valence-corrected chi connectivity index (χ0v) is 25.9. The Bertz CT molecular complexity index is 674. The Morgan fingerprint density at radius 1 is 0.571 bits per heavy atom. The van der Waals surface area contributed by atoms with E-state index in [1.807, 2.05) is 26.2 Å². The number of aromatic nitrogens is 1. The Morgan fingerprint density at radius 3 is 1.14 bits per heavy atom. The van der Waals surface area contributed by atoms with Crippen LogP contribution in [0.2, 0.25) is 78.6 Å². The third-order valence-corrected chi connectivity index (χ3v) is 46.8. The minimum Gasteiger partial charge on any atom is -0.368 e. The molecule has 0 unspecified atom stereocenters. The van der Waals surface area contributed by atoms with Crippen LogP contribution < -0.4 is 0 Å². The third-order valence-electron chi connectivity index (χ3n) is 6.13. The monoisotopic (exact) mass is 494 g/mol. The van der Waals surface area contributed by atoms with Crippen LogP contribution in [-0.2, 0) is 0 Å². The van der Waals surface area contributed by atoms with Gasteiger partial charge in [0.1, 0.15) is 0 Å². The normalized spacial score (nSPS) is 24.5. The molecule has 28 heavy (non-hydrogen) atoms. The number of halogens is 2. The third kappa shape index (κ3) is 3.72. The molecule has 1 aromatic heterocycles. The summed E-state index contributed by atoms with van der Waals surface area (Å²) >= 11 is 0. The molecule has 1 fully saturated rings. The summed E-state index contributed by atoms with van der Waals surface area (Å²) in [5.74, 6) is 0. The summed E-state index contributed by atoms with van der Waals surface area (Å²) in [6, 6.07) is 4.13. The second kappa shape index (κ2) is 6.91. The Kier molecular flexibility index (Phi) is 6.07. The van der Waals surface area contributed by atoms with Crippen LogP contribution in [0.15, 0.2) is 24.5 Å². The van der Waals surface area contributed by atoms with E-state index < -0.39 is 50.7 Å². The molecule has 0 saturated carbocycles. The lowest BCUT2D eigenvalue weighted by Crippen LogP contribution is -2.97. The number of nitrogens with zero attached hydrogens (tertiary/aromatic N) is 4. The highest BCUT2D eigenvalue weighted by Crippen LogP contribution is 2.46. The molecule has 0 N–H and O–H groups in total. The molecule has 12 heteroatoms. The molecule has 0 amide bonds. The van der Waals surface area contributed by atoms with Crippen LogP contribution in [-0.4, -0.2) is 66.6 Å². The average Bonchev–Trinajstić information content (AvgIpc) is 2.82. The van der Waals surface area contributed by atoms with Crippen LogP contribution in [0.25, 0.3) is 0 Å². The second-order valence-corrected chi connectivity index (χ2v) is 37.1. The number of hydrogen-bond donors (Lipinski definition) is 0. The molecule has 0 radical (unpaired) electrons. The van der Waals surface area contributed by atoms with Crippen LogP contribution in [0.3, 0.4) is 0 Å². The fourth-order valence-corrected chi connectivity index (χ4v) is 64.3. The van der Waals surface area contributed by atoms with E-state index in [1.165, 1.54) is 0 Å². The summed E-state index contributed by atoms with van der Waals surface area (Å²) in [7, 11) is -15.6. The molecule has 0 spiro atoms. The molecule has 2 rings (SSSR count). The highest BCUT2D eigenvalue weighted by Gasteiger charge is 2.70. The van der Waals surface area contributed by atoms with Crippen LogP contribution in [0, 0.1) is 0 Å². The molecule has 0 aliphatic carbocycles. The Hall–Kier alpha value is 0.321. The Labute approximate surface area is 177 Å². The zero-order chi connectivity index (χ0) is 22.1. The molecule has 2 heterocycles. The maximum Gasteiger partial charge on any atom is 0.305 e. The van der Waals surface area contributed by atoms with E-state index in [9.17, 15) is 0 Å². The topological polar surface area (TPSA) is 14.7 Å². The highest BCUT2D eigenvalue weighted by atomic mass is 28.6. The predicted molar refractivity (Wildman–Crippen MR) is 132 cm³/mol. The van der Waals surface area contributed by atoms with Crippen molar-refractivity contribution in [1.29, 1.82) is 0 Å². The molecule has 1 aliphatic heterocycles. The molecule has 0 atom stereocenters. The standard InChI is InChI=1S/C16H40F2N4Si6/c1-23(2,17)20-26(7,8)21(24(3,4)18)28(11,12)22(27(20,9)10)25(5,6)19-15-13-14-16-19/h13-16H,1-12H3. The van der Waals surface area contributed by atoms with Gasteiger partial charge in [0.05, 0.1) is 0 Å². The van der Waals surface area contributed by atoms with Gasteiger partial charge in [0, 0.05) is 0 Å². The first-order chi connectivity index (χ1) is 12.2. The molecule has 1 aromatic rings. The van der Waals surface area contributed by atoms with Crippen LogP contribution in [0.4, 0.5) is 8.22 Å². The smallest absolute Gasteiger partial charge is 0.305 e. The fraction of sp³-hybridized carbons (Fsp3) is 0.750. The van der Waals surface area contributed by atoms with Crippen molar-refractivity contribution in [2.24, 2.45) is 0 Å². The minimum atomic E-state index is -3.15. The van der Waals surface area contributed by atoms with Crippen molar-refractivity contribution in [3.63, 3.8) is 0 Å². The van der Waals surface area contributed by atoms with E-state index in [4.69, 9.17) is 0 Å². The fourth-order valence-electron chi connectivity index (χ4n) is 7.07. The van der Waals surface area contributed by atoms with Crippen molar-refractivity contribution >= 4 is 50.7 Å². The minimum absolute atomic E-state index is 1.81. The van der Waals surface area contributed by atoms with Crippen molar-refractivity contribution < 1.29 is 8.22 Å². The van der Waals surface area contributed by atoms with E-state index in [0.717, 1.165) is 0 Å². The van der Waals surface area contributed by atoms with Gasteiger partial charge in [0.25, 0.3) is 0 Å². The van der Waals surface area contributed by atoms with Crippen LogP contribution in [0.5, 0.6) is 0 Å². The summed E-state index contributed by atoms with van der Waals surface area (Å²) in [5, 5.41) is 0. The van der Waals surface area contributed by atoms with Gasteiger partial charge in [-0.25, -0.2) is 0 Å². The van der Waals surface area contributed by atoms with Crippen molar-refractivity contribution in [2.75, 3.05) is 0 Å². The summed E-state index contributed by atoms with van der Waals surface area (Å²) in [6.45, 7) is 25.7. The maximum absolute atomic E-state index is 16.0. The van der Waals surface area contributed by atoms with Crippen molar-refractivity contribution in [3.05, 3.63) is 24.5 Å². The highest BCUT2D eigenvalue weighted by molar-refractivity contribution is 7.19. The average molecular weight is 495 g/mol. The van der Waals surface area contributed by atoms with E-state index in [-0.39, 0.29) is 0 Å². The lowest BCUT2D eigenvalue weighted by Gasteiger charge is -2.73. The zero-order valence-electron chi connectivity index (χ0n) is 19.9. The quantitative estimate of drug-likeness (QED) is 0.411. The lowest BCUT2D eigenvalue weighted by molar-refractivity contribution is 0.545. The Balaban J connectivity index is 2.87. The first-order valence-electron chi connectivity index (χ1n) is 10.1. The van der Waals surface area contributed by atoms with Crippen molar-refractivity contribution in [1.82, 2.24) is 15.9 Å². The van der Waals surface area contributed by atoms with Gasteiger partial charge in [-0.1, -0.05) is 0 Å². The van der Waals surface area contributed by atoms with E-state index in [1.54, 1.807) is 0 Å². The maximum atomic E-state index is 16.0. The molecule has 1 saturated heterocycles. The van der Waals surface area contributed by atoms with Gasteiger partial charge in [-0.15, -0.1) is 0 Å². The summed E-state index contributed by atoms with van der Waals surface area (Å²) in [5.41, 5.74) is 0. The SMILES string of the molecule is C[Si](C)(F)N1[Si](C)(C)N([Si](C)(C)F)[Si](C)(C)N([Si](C)(C)n2cccc2)[Si]1(C)C. The largest absolute Gasteiger partial charge is 0.368 e. The van der Waals surface area contributed by atoms with Gasteiger partial charge in [0.15, 0.2) is 25.2 Å². The predicted octanol–water partition coefficient (Wildman–Crippen LogP) is 5.41. The summed E-state index contributed by atoms with van der Waals surface area (Å²) in [4.78, 5) is 0. The first kappa shape index (κ1) is 24.6. The lowest BCUT2D eigenvalue weighted by atomic mass is 10.7. The van der Waals surface area contributed by atoms with Gasteiger partial charge in [0.2, 0.25) is 8.40 Å². The first-order valence-corrected chi connectivity index (χ1v) is 27.4. The van der Waals surface area contributed by atoms with E-state index >= 15 is 8.22 Å². The number of hydrogen-bond acceptors (Lipinski definition) is 3. The summed E-state index contributed by atoms with van der Waals surface area (Å²) < 4.78 is 41.7. The molecule has 1 aliphatic rings. The van der Waals surface area contributed by atoms with Gasteiger partial charge < -0.3 is 15.9 Å². The Morgan fingerprint density at radius 2 is 0.857 bits per heavy atom. The second-order valence-electron chi connectivity index (χ2n) is 10.9. The summed E-state index contributed by atoms with van der Waals surface area (Å²) in [6.07, 6.45) is 4.28. The van der Waals surface area contributed by atoms with E-state index in [2.05, 4.69) is 92.8 Å². The van der Waals surface area contributed by atoms with E-state index in [0.29, 0.717) is 0 Å². The van der Waals surface area contributed by atoms with Gasteiger partial charge in [-0.2, -0.15) is 0 Å². The van der Waals surface area contributed by atoms with Crippen LogP contribution in [0.1, 0.15) is 0 Å².